The molecule has 2 aliphatic rings. The molecule has 106 valence electrons. The van der Waals surface area contributed by atoms with Gasteiger partial charge in [-0.05, 0) is 20.3 Å². The van der Waals surface area contributed by atoms with E-state index >= 15 is 0 Å². The second-order valence-electron chi connectivity index (χ2n) is 4.57. The topological polar surface area (TPSA) is 67.9 Å². The largest absolute Gasteiger partial charge is 0.466 e. The third-order valence-corrected chi connectivity index (χ3v) is 3.35. The Morgan fingerprint density at radius 3 is 2.79 bits per heavy atom. The predicted octanol–water partition coefficient (Wildman–Crippen LogP) is 0.248. The molecule has 0 aromatic rings. The van der Waals surface area contributed by atoms with E-state index in [1.165, 1.54) is 0 Å². The fraction of sp³-hybridized carbons (Fsp3) is 0.692. The summed E-state index contributed by atoms with van der Waals surface area (Å²) in [6.45, 7) is 5.81. The molecule has 2 heterocycles. The molecule has 0 bridgehead atoms. The molecule has 2 aliphatic heterocycles. The molecular weight excluding hydrogens is 248 g/mol. The number of rotatable bonds is 4. The molecule has 6 nitrogen and oxygen atoms in total. The Bertz CT molecular complexity index is 394. The van der Waals surface area contributed by atoms with Crippen LogP contribution in [-0.4, -0.2) is 49.3 Å². The van der Waals surface area contributed by atoms with Gasteiger partial charge in [0.2, 0.25) is 0 Å². The average Bonchev–Trinajstić information content (AvgIpc) is 2.86. The summed E-state index contributed by atoms with van der Waals surface area (Å²) >= 11 is 0. The van der Waals surface area contributed by atoms with Crippen LogP contribution < -0.4 is 5.32 Å². The van der Waals surface area contributed by atoms with Crippen LogP contribution >= 0.6 is 0 Å². The normalized spacial score (nSPS) is 25.6. The lowest BCUT2D eigenvalue weighted by Crippen LogP contribution is -2.47. The molecule has 2 rings (SSSR count). The van der Waals surface area contributed by atoms with Gasteiger partial charge in [0.25, 0.3) is 0 Å². The van der Waals surface area contributed by atoms with Crippen molar-refractivity contribution >= 4 is 11.9 Å². The summed E-state index contributed by atoms with van der Waals surface area (Å²) in [4.78, 5) is 25.8. The Morgan fingerprint density at radius 1 is 1.37 bits per heavy atom. The molecule has 0 spiro atoms. The minimum absolute atomic E-state index is 0.0720. The summed E-state index contributed by atoms with van der Waals surface area (Å²) in [5, 5.41) is 3.27. The number of nitrogens with one attached hydrogen (secondary N) is 1. The van der Waals surface area contributed by atoms with Gasteiger partial charge < -0.3 is 14.4 Å². The highest BCUT2D eigenvalue weighted by molar-refractivity contribution is 5.90. The van der Waals surface area contributed by atoms with Gasteiger partial charge in [0.15, 0.2) is 0 Å². The van der Waals surface area contributed by atoms with E-state index in [0.29, 0.717) is 25.2 Å². The molecular formula is C13H20N2O4. The van der Waals surface area contributed by atoms with Crippen molar-refractivity contribution in [3.05, 3.63) is 11.8 Å². The molecule has 6 heteroatoms. The fourth-order valence-corrected chi connectivity index (χ4v) is 2.54. The number of carbonyl (C=O) groups is 2. The van der Waals surface area contributed by atoms with E-state index in [4.69, 9.17) is 9.47 Å². The van der Waals surface area contributed by atoms with Crippen LogP contribution in [0, 0.1) is 5.92 Å². The molecule has 0 amide bonds. The first-order chi connectivity index (χ1) is 9.17. The van der Waals surface area contributed by atoms with Crippen molar-refractivity contribution in [3.63, 3.8) is 0 Å². The summed E-state index contributed by atoms with van der Waals surface area (Å²) < 4.78 is 10.1. The third kappa shape index (κ3) is 2.89. The molecule has 0 saturated carbocycles. The number of esters is 2. The van der Waals surface area contributed by atoms with E-state index in [-0.39, 0.29) is 24.0 Å². The van der Waals surface area contributed by atoms with Gasteiger partial charge in [-0.2, -0.15) is 0 Å². The maximum Gasteiger partial charge on any atom is 0.335 e. The Balaban J connectivity index is 2.15. The van der Waals surface area contributed by atoms with E-state index in [1.54, 1.807) is 20.0 Å². The van der Waals surface area contributed by atoms with Crippen LogP contribution in [0.5, 0.6) is 0 Å². The molecule has 2 unspecified atom stereocenters. The van der Waals surface area contributed by atoms with E-state index < -0.39 is 0 Å². The van der Waals surface area contributed by atoms with Crippen LogP contribution in [0.4, 0.5) is 0 Å². The lowest BCUT2D eigenvalue weighted by atomic mass is 9.93. The average molecular weight is 268 g/mol. The van der Waals surface area contributed by atoms with Crippen molar-refractivity contribution in [2.75, 3.05) is 26.3 Å². The summed E-state index contributed by atoms with van der Waals surface area (Å²) in [5.41, 5.74) is 0.542. The smallest absolute Gasteiger partial charge is 0.335 e. The SMILES string of the molecule is CCOC(=O)C1=CN2CCNC2C(C(=O)OCC)C1. The lowest BCUT2D eigenvalue weighted by Gasteiger charge is -2.34. The van der Waals surface area contributed by atoms with Crippen molar-refractivity contribution in [1.82, 2.24) is 10.2 Å². The van der Waals surface area contributed by atoms with Gasteiger partial charge in [0.1, 0.15) is 0 Å². The molecule has 2 atom stereocenters. The summed E-state index contributed by atoms with van der Waals surface area (Å²) in [7, 11) is 0. The summed E-state index contributed by atoms with van der Waals surface area (Å²) in [6, 6.07) is 0. The van der Waals surface area contributed by atoms with Gasteiger partial charge in [-0.25, -0.2) is 4.79 Å². The fourth-order valence-electron chi connectivity index (χ4n) is 2.54. The number of nitrogens with zero attached hydrogens (tertiary/aromatic N) is 1. The highest BCUT2D eigenvalue weighted by Gasteiger charge is 2.40. The van der Waals surface area contributed by atoms with Crippen molar-refractivity contribution < 1.29 is 19.1 Å². The monoisotopic (exact) mass is 268 g/mol. The highest BCUT2D eigenvalue weighted by atomic mass is 16.5. The zero-order valence-corrected chi connectivity index (χ0v) is 11.3. The number of hydrogen-bond donors (Lipinski definition) is 1. The Morgan fingerprint density at radius 2 is 2.11 bits per heavy atom. The lowest BCUT2D eigenvalue weighted by molar-refractivity contribution is -0.151. The summed E-state index contributed by atoms with van der Waals surface area (Å²) in [6.07, 6.45) is 2.10. The van der Waals surface area contributed by atoms with E-state index in [2.05, 4.69) is 5.32 Å². The Labute approximate surface area is 112 Å². The number of ether oxygens (including phenoxy) is 2. The minimum Gasteiger partial charge on any atom is -0.466 e. The van der Waals surface area contributed by atoms with Crippen LogP contribution in [-0.2, 0) is 19.1 Å². The maximum atomic E-state index is 12.0. The van der Waals surface area contributed by atoms with E-state index in [1.807, 2.05) is 4.90 Å². The zero-order valence-electron chi connectivity index (χ0n) is 11.3. The molecule has 1 N–H and O–H groups in total. The van der Waals surface area contributed by atoms with Crippen molar-refractivity contribution in [3.8, 4) is 0 Å². The molecule has 1 saturated heterocycles. The minimum atomic E-state index is -0.355. The predicted molar refractivity (Wildman–Crippen MR) is 68.0 cm³/mol. The highest BCUT2D eigenvalue weighted by Crippen LogP contribution is 2.29. The van der Waals surface area contributed by atoms with Gasteiger partial charge in [0.05, 0.1) is 30.9 Å². The van der Waals surface area contributed by atoms with Crippen molar-refractivity contribution in [2.45, 2.75) is 26.4 Å². The molecule has 0 aromatic carbocycles. The van der Waals surface area contributed by atoms with Crippen LogP contribution in [0.25, 0.3) is 0 Å². The van der Waals surface area contributed by atoms with Gasteiger partial charge in [-0.3, -0.25) is 10.1 Å². The molecule has 0 aromatic heterocycles. The number of fused-ring (bicyclic) bond motifs is 1. The van der Waals surface area contributed by atoms with Crippen LogP contribution in [0.2, 0.25) is 0 Å². The molecule has 0 aliphatic carbocycles. The van der Waals surface area contributed by atoms with E-state index in [0.717, 1.165) is 13.1 Å². The molecule has 1 fully saturated rings. The quantitative estimate of drug-likeness (QED) is 0.737. The van der Waals surface area contributed by atoms with Crippen molar-refractivity contribution in [2.24, 2.45) is 5.92 Å². The molecule has 0 radical (unpaired) electrons. The first-order valence-corrected chi connectivity index (χ1v) is 6.71. The van der Waals surface area contributed by atoms with Crippen LogP contribution in [0.1, 0.15) is 20.3 Å². The first kappa shape index (κ1) is 13.9. The van der Waals surface area contributed by atoms with Crippen molar-refractivity contribution in [1.29, 1.82) is 0 Å². The zero-order chi connectivity index (χ0) is 13.8. The van der Waals surface area contributed by atoms with Gasteiger partial charge >= 0.3 is 11.9 Å². The van der Waals surface area contributed by atoms with Gasteiger partial charge in [-0.15, -0.1) is 0 Å². The van der Waals surface area contributed by atoms with Gasteiger partial charge in [-0.1, -0.05) is 0 Å². The Hall–Kier alpha value is -1.56. The first-order valence-electron chi connectivity index (χ1n) is 6.71. The van der Waals surface area contributed by atoms with Crippen LogP contribution in [0.15, 0.2) is 11.8 Å². The second-order valence-corrected chi connectivity index (χ2v) is 4.57. The maximum absolute atomic E-state index is 12.0. The molecule has 19 heavy (non-hydrogen) atoms. The summed E-state index contributed by atoms with van der Waals surface area (Å²) in [5.74, 6) is -0.962. The second kappa shape index (κ2) is 6.06. The standard InChI is InChI=1S/C13H20N2O4/c1-3-18-12(16)9-7-10(13(17)19-4-2)11-14-5-6-15(11)8-9/h8,10-11,14H,3-7H2,1-2H3. The Kier molecular flexibility index (Phi) is 4.42. The number of hydrogen-bond acceptors (Lipinski definition) is 6. The van der Waals surface area contributed by atoms with E-state index in [9.17, 15) is 9.59 Å². The van der Waals surface area contributed by atoms with Crippen LogP contribution in [0.3, 0.4) is 0 Å². The third-order valence-electron chi connectivity index (χ3n) is 3.35. The number of carbonyl (C=O) groups excluding carboxylic acids is 2. The van der Waals surface area contributed by atoms with Gasteiger partial charge in [0, 0.05) is 19.3 Å².